The summed E-state index contributed by atoms with van der Waals surface area (Å²) >= 11 is 0. The van der Waals surface area contributed by atoms with Crippen LogP contribution >= 0.6 is 0 Å². The molecule has 1 aliphatic heterocycles. The van der Waals surface area contributed by atoms with E-state index in [1.807, 2.05) is 0 Å². The van der Waals surface area contributed by atoms with Crippen molar-refractivity contribution in [2.24, 2.45) is 16.9 Å². The quantitative estimate of drug-likeness (QED) is 0.618. The maximum absolute atomic E-state index is 4.51. The van der Waals surface area contributed by atoms with Gasteiger partial charge in [0.15, 0.2) is 0 Å². The van der Waals surface area contributed by atoms with Crippen molar-refractivity contribution in [3.8, 4) is 0 Å². The van der Waals surface area contributed by atoms with Gasteiger partial charge < -0.3 is 0 Å². The highest BCUT2D eigenvalue weighted by Gasteiger charge is 2.34. The molecule has 2 saturated carbocycles. The number of hydrazine groups is 1. The molecule has 1 saturated heterocycles. The van der Waals surface area contributed by atoms with Crippen molar-refractivity contribution < 1.29 is 0 Å². The number of rotatable bonds is 2. The van der Waals surface area contributed by atoms with Gasteiger partial charge >= 0.3 is 0 Å². The van der Waals surface area contributed by atoms with Crippen LogP contribution in [0.3, 0.4) is 0 Å². The van der Waals surface area contributed by atoms with Crippen molar-refractivity contribution in [1.29, 1.82) is 0 Å². The highest BCUT2D eigenvalue weighted by Crippen LogP contribution is 2.32. The molecular formula is C12H22N4. The summed E-state index contributed by atoms with van der Waals surface area (Å²) in [4.78, 5) is 0. The Morgan fingerprint density at radius 3 is 2.81 bits per heavy atom. The van der Waals surface area contributed by atoms with E-state index < -0.39 is 0 Å². The molecule has 3 rings (SSSR count). The number of nitrogens with one attached hydrogen (secondary N) is 3. The van der Waals surface area contributed by atoms with Crippen LogP contribution in [0.4, 0.5) is 0 Å². The van der Waals surface area contributed by atoms with Crippen LogP contribution in [0.2, 0.25) is 0 Å². The Balaban J connectivity index is 1.59. The molecule has 0 amide bonds. The van der Waals surface area contributed by atoms with E-state index in [4.69, 9.17) is 0 Å². The van der Waals surface area contributed by atoms with Crippen LogP contribution in [0.5, 0.6) is 0 Å². The van der Waals surface area contributed by atoms with Crippen molar-refractivity contribution in [2.75, 3.05) is 6.54 Å². The average molecular weight is 222 g/mol. The van der Waals surface area contributed by atoms with E-state index in [9.17, 15) is 0 Å². The van der Waals surface area contributed by atoms with Gasteiger partial charge in [-0.25, -0.2) is 5.43 Å². The summed E-state index contributed by atoms with van der Waals surface area (Å²) in [6.45, 7) is 1.12. The zero-order valence-electron chi connectivity index (χ0n) is 9.84. The van der Waals surface area contributed by atoms with Gasteiger partial charge in [-0.1, -0.05) is 12.8 Å². The lowest BCUT2D eigenvalue weighted by Gasteiger charge is -2.42. The summed E-state index contributed by atoms with van der Waals surface area (Å²) in [7, 11) is 0. The molecule has 16 heavy (non-hydrogen) atoms. The molecule has 4 nitrogen and oxygen atoms in total. The first-order chi connectivity index (χ1) is 7.93. The van der Waals surface area contributed by atoms with Gasteiger partial charge in [-0.05, 0) is 43.9 Å². The van der Waals surface area contributed by atoms with Gasteiger partial charge in [0, 0.05) is 12.3 Å². The Kier molecular flexibility index (Phi) is 3.11. The normalized spacial score (nSPS) is 38.5. The molecule has 90 valence electrons. The molecular weight excluding hydrogens is 200 g/mol. The maximum Gasteiger partial charge on any atom is 0.109 e. The van der Waals surface area contributed by atoms with Crippen molar-refractivity contribution in [2.45, 2.75) is 51.1 Å². The molecule has 2 aliphatic carbocycles. The summed E-state index contributed by atoms with van der Waals surface area (Å²) in [6, 6.07) is 0. The van der Waals surface area contributed by atoms with Gasteiger partial charge in [0.1, 0.15) is 6.17 Å². The summed E-state index contributed by atoms with van der Waals surface area (Å²) in [5.74, 6) is 1.61. The van der Waals surface area contributed by atoms with Gasteiger partial charge in [-0.3, -0.25) is 10.9 Å². The van der Waals surface area contributed by atoms with Gasteiger partial charge in [0.25, 0.3) is 0 Å². The van der Waals surface area contributed by atoms with E-state index in [1.165, 1.54) is 50.7 Å². The van der Waals surface area contributed by atoms with Crippen molar-refractivity contribution in [3.05, 3.63) is 0 Å². The third kappa shape index (κ3) is 2.09. The second-order valence-electron chi connectivity index (χ2n) is 5.37. The fourth-order valence-electron chi connectivity index (χ4n) is 3.07. The standard InChI is InChI=1S/C12H22N4/c1-2-7-11-9(4-1)8-13-15-12(11)16-14-10-5-3-6-10/h9,11-13,15-16H,1-8H2. The molecule has 0 aromatic carbocycles. The maximum atomic E-state index is 4.51. The minimum Gasteiger partial charge on any atom is -0.291 e. The predicted octanol–water partition coefficient (Wildman–Crippen LogP) is 1.36. The minimum atomic E-state index is 0.340. The topological polar surface area (TPSA) is 48.5 Å². The third-order valence-electron chi connectivity index (χ3n) is 4.31. The number of fused-ring (bicyclic) bond motifs is 1. The Morgan fingerprint density at radius 1 is 1.12 bits per heavy atom. The average Bonchev–Trinajstić information content (AvgIpc) is 2.27. The van der Waals surface area contributed by atoms with Gasteiger partial charge in [0.05, 0.1) is 0 Å². The Labute approximate surface area is 97.2 Å². The first-order valence-electron chi connectivity index (χ1n) is 6.73. The van der Waals surface area contributed by atoms with Crippen LogP contribution in [0.25, 0.3) is 0 Å². The van der Waals surface area contributed by atoms with Crippen LogP contribution in [-0.2, 0) is 0 Å². The Hall–Kier alpha value is -0.610. The zero-order chi connectivity index (χ0) is 10.8. The second-order valence-corrected chi connectivity index (χ2v) is 5.37. The molecule has 4 heteroatoms. The molecule has 3 aliphatic rings. The first-order valence-corrected chi connectivity index (χ1v) is 6.73. The fraction of sp³-hybridized carbons (Fsp3) is 0.917. The monoisotopic (exact) mass is 222 g/mol. The van der Waals surface area contributed by atoms with E-state index >= 15 is 0 Å². The number of hydrazone groups is 1. The Bertz CT molecular complexity index is 268. The van der Waals surface area contributed by atoms with Gasteiger partial charge in [-0.2, -0.15) is 5.10 Å². The largest absolute Gasteiger partial charge is 0.291 e. The van der Waals surface area contributed by atoms with E-state index in [0.29, 0.717) is 6.17 Å². The van der Waals surface area contributed by atoms with Crippen molar-refractivity contribution >= 4 is 5.71 Å². The molecule has 0 aromatic heterocycles. The zero-order valence-corrected chi connectivity index (χ0v) is 9.84. The van der Waals surface area contributed by atoms with E-state index in [-0.39, 0.29) is 0 Å². The van der Waals surface area contributed by atoms with Crippen molar-refractivity contribution in [1.82, 2.24) is 16.3 Å². The summed E-state index contributed by atoms with van der Waals surface area (Å²) in [5.41, 5.74) is 11.3. The highest BCUT2D eigenvalue weighted by atomic mass is 15.5. The minimum absolute atomic E-state index is 0.340. The van der Waals surface area contributed by atoms with Crippen LogP contribution < -0.4 is 16.3 Å². The van der Waals surface area contributed by atoms with Crippen LogP contribution in [0, 0.1) is 11.8 Å². The molecule has 3 fully saturated rings. The summed E-state index contributed by atoms with van der Waals surface area (Å²) < 4.78 is 0. The SMILES string of the molecule is C1CC(=NNC2NNCC3CCCCC32)C1. The van der Waals surface area contributed by atoms with E-state index in [2.05, 4.69) is 21.4 Å². The van der Waals surface area contributed by atoms with E-state index in [0.717, 1.165) is 18.4 Å². The molecule has 3 unspecified atom stereocenters. The lowest BCUT2D eigenvalue weighted by molar-refractivity contribution is 0.0994. The van der Waals surface area contributed by atoms with Crippen LogP contribution in [0.15, 0.2) is 5.10 Å². The fourth-order valence-corrected chi connectivity index (χ4v) is 3.07. The highest BCUT2D eigenvalue weighted by molar-refractivity contribution is 5.88. The van der Waals surface area contributed by atoms with E-state index in [1.54, 1.807) is 0 Å². The molecule has 0 radical (unpaired) electrons. The lowest BCUT2D eigenvalue weighted by Crippen LogP contribution is -2.61. The third-order valence-corrected chi connectivity index (χ3v) is 4.31. The lowest BCUT2D eigenvalue weighted by atomic mass is 9.77. The van der Waals surface area contributed by atoms with Gasteiger partial charge in [-0.15, -0.1) is 0 Å². The molecule has 3 N–H and O–H groups in total. The molecule has 3 atom stereocenters. The summed E-state index contributed by atoms with van der Waals surface area (Å²) in [6.07, 6.45) is 9.58. The van der Waals surface area contributed by atoms with Crippen LogP contribution in [-0.4, -0.2) is 18.4 Å². The van der Waals surface area contributed by atoms with Crippen LogP contribution in [0.1, 0.15) is 44.9 Å². The number of hydrogen-bond donors (Lipinski definition) is 3. The number of hydrogen-bond acceptors (Lipinski definition) is 4. The van der Waals surface area contributed by atoms with Crippen molar-refractivity contribution in [3.63, 3.8) is 0 Å². The molecule has 0 spiro atoms. The molecule has 1 heterocycles. The first kappa shape index (κ1) is 10.5. The Morgan fingerprint density at radius 2 is 2.00 bits per heavy atom. The smallest absolute Gasteiger partial charge is 0.109 e. The number of nitrogens with zero attached hydrogens (tertiary/aromatic N) is 1. The second kappa shape index (κ2) is 4.72. The molecule has 0 aromatic rings. The predicted molar refractivity (Wildman–Crippen MR) is 64.8 cm³/mol. The summed E-state index contributed by atoms with van der Waals surface area (Å²) in [5, 5.41) is 4.51. The van der Waals surface area contributed by atoms with Gasteiger partial charge in [0.2, 0.25) is 0 Å². The molecule has 0 bridgehead atoms.